The molecular formula is C19H15BF3N5O. The molecule has 2 aromatic heterocycles. The molecule has 0 bridgehead atoms. The molecule has 4 N–H and O–H groups in total. The summed E-state index contributed by atoms with van der Waals surface area (Å²) in [7, 11) is 0. The third kappa shape index (κ3) is 3.54. The Kier molecular flexibility index (Phi) is 4.50. The first-order chi connectivity index (χ1) is 13.7. The van der Waals surface area contributed by atoms with E-state index in [2.05, 4.69) is 15.3 Å². The zero-order valence-corrected chi connectivity index (χ0v) is 15.2. The number of hydrogen-bond acceptors (Lipinski definition) is 5. The van der Waals surface area contributed by atoms with Crippen LogP contribution in [0.4, 0.5) is 18.9 Å². The summed E-state index contributed by atoms with van der Waals surface area (Å²) in [5.74, 6) is 0. The second kappa shape index (κ2) is 6.89. The number of nitrogens with zero attached hydrogens (tertiary/aromatic N) is 3. The Labute approximate surface area is 163 Å². The number of rotatable bonds is 3. The van der Waals surface area contributed by atoms with E-state index in [1.807, 2.05) is 5.10 Å². The summed E-state index contributed by atoms with van der Waals surface area (Å²) in [6, 6.07) is 11.3. The number of aromatic nitrogens is 4. The van der Waals surface area contributed by atoms with Gasteiger partial charge in [-0.05, 0) is 34.8 Å². The van der Waals surface area contributed by atoms with Crippen LogP contribution in [-0.2, 0) is 6.18 Å². The predicted octanol–water partition coefficient (Wildman–Crippen LogP) is 3.11. The van der Waals surface area contributed by atoms with E-state index in [9.17, 15) is 18.2 Å². The molecule has 2 heterocycles. The monoisotopic (exact) mass is 397 g/mol. The largest absolute Gasteiger partial charge is 0.447 e. The molecule has 2 aromatic carbocycles. The first-order valence-electron chi connectivity index (χ1n) is 8.70. The van der Waals surface area contributed by atoms with Crippen molar-refractivity contribution in [3.63, 3.8) is 0 Å². The Balaban J connectivity index is 1.91. The number of nitrogens with one attached hydrogen (secondary N) is 1. The minimum absolute atomic E-state index is 0.142. The van der Waals surface area contributed by atoms with Crippen LogP contribution in [0.3, 0.4) is 0 Å². The van der Waals surface area contributed by atoms with E-state index in [-0.39, 0.29) is 5.69 Å². The smallest absolute Gasteiger partial charge is 0.432 e. The van der Waals surface area contributed by atoms with Crippen molar-refractivity contribution in [1.29, 1.82) is 0 Å². The zero-order chi connectivity index (χ0) is 20.8. The van der Waals surface area contributed by atoms with E-state index < -0.39 is 18.8 Å². The minimum atomic E-state index is -4.53. The van der Waals surface area contributed by atoms with Gasteiger partial charge in [-0.3, -0.25) is 5.10 Å². The predicted molar refractivity (Wildman–Crippen MR) is 105 cm³/mol. The van der Waals surface area contributed by atoms with E-state index in [0.29, 0.717) is 33.4 Å². The van der Waals surface area contributed by atoms with Gasteiger partial charge in [-0.25, -0.2) is 0 Å². The average Bonchev–Trinajstić information content (AvgIpc) is 3.18. The van der Waals surface area contributed by atoms with Crippen molar-refractivity contribution in [2.75, 3.05) is 5.73 Å². The quantitative estimate of drug-likeness (QED) is 0.462. The normalized spacial score (nSPS) is 11.8. The van der Waals surface area contributed by atoms with Crippen LogP contribution in [0.15, 0.2) is 48.7 Å². The lowest BCUT2D eigenvalue weighted by Crippen LogP contribution is -2.26. The van der Waals surface area contributed by atoms with Crippen molar-refractivity contribution in [1.82, 2.24) is 20.4 Å². The Morgan fingerprint density at radius 2 is 1.86 bits per heavy atom. The van der Waals surface area contributed by atoms with Crippen molar-refractivity contribution >= 4 is 29.0 Å². The third-order valence-corrected chi connectivity index (χ3v) is 4.67. The number of benzene rings is 2. The highest BCUT2D eigenvalue weighted by Gasteiger charge is 2.33. The van der Waals surface area contributed by atoms with Gasteiger partial charge in [-0.15, -0.1) is 0 Å². The fraction of sp³-hybridized carbons (Fsp3) is 0.105. The van der Waals surface area contributed by atoms with Gasteiger partial charge in [-0.2, -0.15) is 28.5 Å². The SMILES string of the molecule is CB(O)c1ccc(-c2cc(C(F)(F)F)[nH]n2)c(-c2ccc3c(N)cnnc3c2)c1. The maximum Gasteiger partial charge on any atom is 0.432 e. The summed E-state index contributed by atoms with van der Waals surface area (Å²) in [5.41, 5.74) is 8.54. The maximum atomic E-state index is 13.0. The lowest BCUT2D eigenvalue weighted by Gasteiger charge is -2.12. The summed E-state index contributed by atoms with van der Waals surface area (Å²) in [6.45, 7) is 0.866. The molecule has 0 radical (unpaired) electrons. The first-order valence-corrected chi connectivity index (χ1v) is 8.70. The van der Waals surface area contributed by atoms with Crippen LogP contribution in [0.2, 0.25) is 6.82 Å². The number of fused-ring (bicyclic) bond motifs is 1. The van der Waals surface area contributed by atoms with Gasteiger partial charge in [0.25, 0.3) is 0 Å². The topological polar surface area (TPSA) is 101 Å². The summed E-state index contributed by atoms with van der Waals surface area (Å²) in [6.07, 6.45) is -3.08. The summed E-state index contributed by atoms with van der Waals surface area (Å²) in [5, 5.41) is 24.5. The van der Waals surface area contributed by atoms with Crippen LogP contribution >= 0.6 is 0 Å². The second-order valence-corrected chi connectivity index (χ2v) is 6.68. The van der Waals surface area contributed by atoms with E-state index in [4.69, 9.17) is 5.73 Å². The number of nitrogen functional groups attached to an aromatic ring is 1. The van der Waals surface area contributed by atoms with E-state index in [1.165, 1.54) is 6.20 Å². The summed E-state index contributed by atoms with van der Waals surface area (Å²) in [4.78, 5) is 0. The highest BCUT2D eigenvalue weighted by molar-refractivity contribution is 6.64. The van der Waals surface area contributed by atoms with E-state index >= 15 is 0 Å². The molecule has 0 spiro atoms. The number of aromatic amines is 1. The molecule has 0 saturated heterocycles. The van der Waals surface area contributed by atoms with Gasteiger partial charge in [0.1, 0.15) is 5.69 Å². The van der Waals surface area contributed by atoms with Crippen molar-refractivity contribution in [2.45, 2.75) is 13.0 Å². The van der Waals surface area contributed by atoms with Crippen LogP contribution in [-0.4, -0.2) is 32.3 Å². The Hall–Kier alpha value is -3.40. The van der Waals surface area contributed by atoms with Crippen molar-refractivity contribution in [3.8, 4) is 22.4 Å². The van der Waals surface area contributed by atoms with Gasteiger partial charge in [0, 0.05) is 10.9 Å². The molecule has 0 aliphatic heterocycles. The highest BCUT2D eigenvalue weighted by atomic mass is 19.4. The van der Waals surface area contributed by atoms with Crippen molar-refractivity contribution in [2.24, 2.45) is 0 Å². The van der Waals surface area contributed by atoms with Gasteiger partial charge in [0.2, 0.25) is 0 Å². The third-order valence-electron chi connectivity index (χ3n) is 4.67. The maximum absolute atomic E-state index is 13.0. The molecule has 0 amide bonds. The van der Waals surface area contributed by atoms with Crippen LogP contribution in [0, 0.1) is 0 Å². The van der Waals surface area contributed by atoms with Crippen LogP contribution < -0.4 is 11.2 Å². The van der Waals surface area contributed by atoms with Crippen molar-refractivity contribution in [3.05, 3.63) is 54.4 Å². The second-order valence-electron chi connectivity index (χ2n) is 6.68. The molecule has 4 rings (SSSR count). The zero-order valence-electron chi connectivity index (χ0n) is 15.2. The fourth-order valence-corrected chi connectivity index (χ4v) is 3.14. The van der Waals surface area contributed by atoms with Gasteiger partial charge < -0.3 is 10.8 Å². The van der Waals surface area contributed by atoms with Gasteiger partial charge >= 0.3 is 13.1 Å². The van der Waals surface area contributed by atoms with Gasteiger partial charge in [0.15, 0.2) is 0 Å². The van der Waals surface area contributed by atoms with Gasteiger partial charge in [0.05, 0.1) is 23.1 Å². The molecule has 6 nitrogen and oxygen atoms in total. The molecule has 0 atom stereocenters. The number of halogens is 3. The van der Waals surface area contributed by atoms with Crippen LogP contribution in [0.1, 0.15) is 5.69 Å². The number of hydrogen-bond donors (Lipinski definition) is 3. The number of H-pyrrole nitrogens is 1. The molecule has 10 heteroatoms. The molecule has 0 aliphatic rings. The molecule has 0 saturated carbocycles. The van der Waals surface area contributed by atoms with Crippen LogP contribution in [0.5, 0.6) is 0 Å². The highest BCUT2D eigenvalue weighted by Crippen LogP contribution is 2.35. The van der Waals surface area contributed by atoms with Gasteiger partial charge in [-0.1, -0.05) is 31.1 Å². The van der Waals surface area contributed by atoms with E-state index in [0.717, 1.165) is 11.5 Å². The lowest BCUT2D eigenvalue weighted by atomic mass is 9.63. The molecule has 4 aromatic rings. The molecule has 29 heavy (non-hydrogen) atoms. The number of alkyl halides is 3. The number of nitrogens with two attached hydrogens (primary N) is 1. The number of anilines is 1. The van der Waals surface area contributed by atoms with Crippen LogP contribution in [0.25, 0.3) is 33.3 Å². The molecule has 0 fully saturated rings. The Morgan fingerprint density at radius 3 is 2.55 bits per heavy atom. The summed E-state index contributed by atoms with van der Waals surface area (Å²) < 4.78 is 39.0. The fourth-order valence-electron chi connectivity index (χ4n) is 3.14. The Bertz CT molecular complexity index is 1210. The molecule has 0 aliphatic carbocycles. The standard InChI is InChI=1S/C19H15BF3N5O/c1-20(29)11-3-5-12(17-8-18(28-27-17)19(21,22)23)14(7-11)10-2-4-13-15(24)9-25-26-16(13)6-10/h2-9,29H,1H3,(H2,24,26)(H,27,28). The lowest BCUT2D eigenvalue weighted by molar-refractivity contribution is -0.141. The average molecular weight is 397 g/mol. The molecular weight excluding hydrogens is 382 g/mol. The Morgan fingerprint density at radius 1 is 1.07 bits per heavy atom. The van der Waals surface area contributed by atoms with Crippen molar-refractivity contribution < 1.29 is 18.2 Å². The summed E-state index contributed by atoms with van der Waals surface area (Å²) >= 11 is 0. The molecule has 0 unspecified atom stereocenters. The minimum Gasteiger partial charge on any atom is -0.447 e. The molecule has 146 valence electrons. The first kappa shape index (κ1) is 18.9. The van der Waals surface area contributed by atoms with E-state index in [1.54, 1.807) is 43.2 Å².